The Balaban J connectivity index is 1.61. The highest BCUT2D eigenvalue weighted by Crippen LogP contribution is 2.40. The summed E-state index contributed by atoms with van der Waals surface area (Å²) in [7, 11) is 0. The molecule has 0 bridgehead atoms. The molecule has 2 aromatic carbocycles. The third kappa shape index (κ3) is 4.65. The van der Waals surface area contributed by atoms with Crippen LogP contribution in [0.2, 0.25) is 0 Å². The third-order valence-electron chi connectivity index (χ3n) is 5.53. The molecule has 4 nitrogen and oxygen atoms in total. The van der Waals surface area contributed by atoms with Crippen LogP contribution in [0.1, 0.15) is 52.2 Å². The number of hydrogen-bond acceptors (Lipinski definition) is 4. The minimum atomic E-state index is -0.334. The molecule has 2 N–H and O–H groups in total. The zero-order valence-corrected chi connectivity index (χ0v) is 19.4. The van der Waals surface area contributed by atoms with Crippen LogP contribution in [0.3, 0.4) is 0 Å². The molecular weight excluding hydrogens is 424 g/mol. The van der Waals surface area contributed by atoms with E-state index in [0.29, 0.717) is 17.3 Å². The fourth-order valence-electron chi connectivity index (χ4n) is 4.18. The van der Waals surface area contributed by atoms with E-state index in [0.717, 1.165) is 40.3 Å². The van der Waals surface area contributed by atoms with Crippen molar-refractivity contribution in [3.8, 4) is 11.1 Å². The Morgan fingerprint density at radius 2 is 1.90 bits per heavy atom. The standard InChI is InChI=1S/C25H26N2O2S2/c1-3-29-24(28)22-21(18-11-5-4-6-12-18)16(2)31-23(22)27-25(30)26-20-15-9-13-17-10-7-8-14-19(17)20/h4-8,10-12,14,20H,3,9,13,15H2,1-2H3,(H2,26,27,30). The molecular formula is C25H26N2O2S2. The normalized spacial score (nSPS) is 15.1. The Hall–Kier alpha value is -2.70. The maximum Gasteiger partial charge on any atom is 0.341 e. The zero-order chi connectivity index (χ0) is 21.8. The first kappa shape index (κ1) is 21.5. The van der Waals surface area contributed by atoms with E-state index in [1.165, 1.54) is 22.5 Å². The van der Waals surface area contributed by atoms with Gasteiger partial charge >= 0.3 is 5.97 Å². The fraction of sp³-hybridized carbons (Fsp3) is 0.280. The Labute approximate surface area is 192 Å². The lowest BCUT2D eigenvalue weighted by Crippen LogP contribution is -2.34. The maximum absolute atomic E-state index is 12.9. The van der Waals surface area contributed by atoms with Crippen molar-refractivity contribution in [3.05, 3.63) is 76.2 Å². The molecule has 1 aliphatic rings. The number of aryl methyl sites for hydroxylation is 2. The molecule has 0 radical (unpaired) electrons. The minimum Gasteiger partial charge on any atom is -0.462 e. The number of hydrogen-bond donors (Lipinski definition) is 2. The largest absolute Gasteiger partial charge is 0.462 e. The van der Waals surface area contributed by atoms with Gasteiger partial charge in [0, 0.05) is 10.4 Å². The highest BCUT2D eigenvalue weighted by Gasteiger charge is 2.26. The SMILES string of the molecule is CCOC(=O)c1c(NC(=S)NC2CCCc3ccccc32)sc(C)c1-c1ccccc1. The van der Waals surface area contributed by atoms with Crippen molar-refractivity contribution >= 4 is 39.6 Å². The van der Waals surface area contributed by atoms with Gasteiger partial charge in [0.25, 0.3) is 0 Å². The quantitative estimate of drug-likeness (QED) is 0.355. The van der Waals surface area contributed by atoms with E-state index in [4.69, 9.17) is 17.0 Å². The summed E-state index contributed by atoms with van der Waals surface area (Å²) in [5.41, 5.74) is 5.11. The van der Waals surface area contributed by atoms with E-state index >= 15 is 0 Å². The molecule has 1 unspecified atom stereocenters. The molecule has 0 spiro atoms. The number of thiophene rings is 1. The summed E-state index contributed by atoms with van der Waals surface area (Å²) in [5, 5.41) is 8.00. The summed E-state index contributed by atoms with van der Waals surface area (Å²) in [6, 6.07) is 18.6. The lowest BCUT2D eigenvalue weighted by atomic mass is 9.88. The molecule has 1 heterocycles. The van der Waals surface area contributed by atoms with Crippen LogP contribution in [0, 0.1) is 6.92 Å². The third-order valence-corrected chi connectivity index (χ3v) is 6.77. The highest BCUT2D eigenvalue weighted by molar-refractivity contribution is 7.80. The molecule has 0 amide bonds. The molecule has 0 fully saturated rings. The highest BCUT2D eigenvalue weighted by atomic mass is 32.1. The number of rotatable bonds is 5. The van der Waals surface area contributed by atoms with E-state index < -0.39 is 0 Å². The first-order chi connectivity index (χ1) is 15.1. The Morgan fingerprint density at radius 1 is 1.16 bits per heavy atom. The van der Waals surface area contributed by atoms with Gasteiger partial charge < -0.3 is 15.4 Å². The van der Waals surface area contributed by atoms with Crippen LogP contribution in [0.15, 0.2) is 54.6 Å². The second-order valence-corrected chi connectivity index (χ2v) is 9.20. The second kappa shape index (κ2) is 9.62. The predicted octanol–water partition coefficient (Wildman–Crippen LogP) is 6.26. The molecule has 0 aliphatic heterocycles. The summed E-state index contributed by atoms with van der Waals surface area (Å²) < 4.78 is 5.39. The van der Waals surface area contributed by atoms with Crippen molar-refractivity contribution in [2.24, 2.45) is 0 Å². The molecule has 1 atom stereocenters. The Kier molecular flexibility index (Phi) is 6.68. The van der Waals surface area contributed by atoms with E-state index in [2.05, 4.69) is 34.9 Å². The summed E-state index contributed by atoms with van der Waals surface area (Å²) in [5.74, 6) is -0.334. The van der Waals surface area contributed by atoms with Gasteiger partial charge in [-0.2, -0.15) is 0 Å². The van der Waals surface area contributed by atoms with Crippen molar-refractivity contribution in [2.45, 2.75) is 39.2 Å². The van der Waals surface area contributed by atoms with Crippen molar-refractivity contribution < 1.29 is 9.53 Å². The van der Waals surface area contributed by atoms with Crippen LogP contribution in [0.25, 0.3) is 11.1 Å². The second-order valence-electron chi connectivity index (χ2n) is 7.57. The van der Waals surface area contributed by atoms with Crippen LogP contribution < -0.4 is 10.6 Å². The van der Waals surface area contributed by atoms with Gasteiger partial charge in [0.1, 0.15) is 10.6 Å². The molecule has 31 heavy (non-hydrogen) atoms. The summed E-state index contributed by atoms with van der Waals surface area (Å²) in [4.78, 5) is 13.9. The molecule has 6 heteroatoms. The zero-order valence-electron chi connectivity index (χ0n) is 17.7. The number of anilines is 1. The molecule has 160 valence electrons. The molecule has 4 rings (SSSR count). The minimum absolute atomic E-state index is 0.172. The number of nitrogens with one attached hydrogen (secondary N) is 2. The number of fused-ring (bicyclic) bond motifs is 1. The number of carbonyl (C=O) groups is 1. The van der Waals surface area contributed by atoms with E-state index in [-0.39, 0.29) is 12.0 Å². The Bertz CT molecular complexity index is 1090. The Morgan fingerprint density at radius 3 is 2.68 bits per heavy atom. The van der Waals surface area contributed by atoms with Gasteiger partial charge in [0.05, 0.1) is 12.6 Å². The number of carbonyl (C=O) groups excluding carboxylic acids is 1. The van der Waals surface area contributed by atoms with E-state index in [1.807, 2.05) is 44.2 Å². The summed E-state index contributed by atoms with van der Waals surface area (Å²) in [6.07, 6.45) is 3.26. The van der Waals surface area contributed by atoms with Crippen LogP contribution in [0.4, 0.5) is 5.00 Å². The van der Waals surface area contributed by atoms with Crippen molar-refractivity contribution in [1.29, 1.82) is 0 Å². The summed E-state index contributed by atoms with van der Waals surface area (Å²) in [6.45, 7) is 4.16. The van der Waals surface area contributed by atoms with Crippen LogP contribution >= 0.6 is 23.6 Å². The average molecular weight is 451 g/mol. The van der Waals surface area contributed by atoms with Crippen LogP contribution in [-0.4, -0.2) is 17.7 Å². The van der Waals surface area contributed by atoms with Crippen molar-refractivity contribution in [1.82, 2.24) is 5.32 Å². The number of benzene rings is 2. The van der Waals surface area contributed by atoms with Gasteiger partial charge in [-0.25, -0.2) is 4.79 Å². The smallest absolute Gasteiger partial charge is 0.341 e. The van der Waals surface area contributed by atoms with Crippen LogP contribution in [0.5, 0.6) is 0 Å². The molecule has 0 saturated heterocycles. The first-order valence-electron chi connectivity index (χ1n) is 10.6. The van der Waals surface area contributed by atoms with Crippen molar-refractivity contribution in [2.75, 3.05) is 11.9 Å². The topological polar surface area (TPSA) is 50.4 Å². The lowest BCUT2D eigenvalue weighted by Gasteiger charge is -2.27. The monoisotopic (exact) mass is 450 g/mol. The average Bonchev–Trinajstić information content (AvgIpc) is 3.10. The van der Waals surface area contributed by atoms with Gasteiger partial charge in [-0.1, -0.05) is 54.6 Å². The molecule has 3 aromatic rings. The first-order valence-corrected chi connectivity index (χ1v) is 11.8. The van der Waals surface area contributed by atoms with Gasteiger partial charge in [-0.05, 0) is 62.0 Å². The fourth-order valence-corrected chi connectivity index (χ4v) is 5.56. The lowest BCUT2D eigenvalue weighted by molar-refractivity contribution is 0.0529. The predicted molar refractivity (Wildman–Crippen MR) is 132 cm³/mol. The number of thiocarbonyl (C=S) groups is 1. The summed E-state index contributed by atoms with van der Waals surface area (Å²) >= 11 is 7.18. The molecule has 1 aromatic heterocycles. The molecule has 0 saturated carbocycles. The van der Waals surface area contributed by atoms with E-state index in [1.54, 1.807) is 0 Å². The maximum atomic E-state index is 12.9. The number of esters is 1. The van der Waals surface area contributed by atoms with Gasteiger partial charge in [-0.3, -0.25) is 0 Å². The van der Waals surface area contributed by atoms with Crippen LogP contribution in [-0.2, 0) is 11.2 Å². The van der Waals surface area contributed by atoms with Gasteiger partial charge in [0.15, 0.2) is 5.11 Å². The van der Waals surface area contributed by atoms with Gasteiger partial charge in [0.2, 0.25) is 0 Å². The van der Waals surface area contributed by atoms with E-state index in [9.17, 15) is 4.79 Å². The van der Waals surface area contributed by atoms with Gasteiger partial charge in [-0.15, -0.1) is 11.3 Å². The van der Waals surface area contributed by atoms with Crippen molar-refractivity contribution in [3.63, 3.8) is 0 Å². The number of ether oxygens (including phenoxy) is 1. The molecule has 1 aliphatic carbocycles.